The Balaban J connectivity index is 2.09. The van der Waals surface area contributed by atoms with E-state index in [2.05, 4.69) is 65.2 Å². The predicted molar refractivity (Wildman–Crippen MR) is 87.2 cm³/mol. The SMILES string of the molecule is CCN(Cc1ccncc1)c1ccnc(CNC(C)C)c1. The van der Waals surface area contributed by atoms with Crippen LogP contribution in [0.25, 0.3) is 0 Å². The van der Waals surface area contributed by atoms with Crippen molar-refractivity contribution in [2.24, 2.45) is 0 Å². The van der Waals surface area contributed by atoms with Crippen LogP contribution in [0.4, 0.5) is 5.69 Å². The topological polar surface area (TPSA) is 41.1 Å². The second kappa shape index (κ2) is 7.74. The van der Waals surface area contributed by atoms with E-state index in [1.54, 1.807) is 0 Å². The normalized spacial score (nSPS) is 10.9. The molecule has 0 spiro atoms. The third-order valence-corrected chi connectivity index (χ3v) is 3.36. The second-order valence-corrected chi connectivity index (χ2v) is 5.41. The highest BCUT2D eigenvalue weighted by molar-refractivity contribution is 5.47. The first kappa shape index (κ1) is 15.4. The minimum Gasteiger partial charge on any atom is -0.367 e. The van der Waals surface area contributed by atoms with Crippen molar-refractivity contribution < 1.29 is 0 Å². The number of aromatic nitrogens is 2. The summed E-state index contributed by atoms with van der Waals surface area (Å²) in [6.07, 6.45) is 5.57. The highest BCUT2D eigenvalue weighted by Crippen LogP contribution is 2.17. The van der Waals surface area contributed by atoms with Gasteiger partial charge in [-0.15, -0.1) is 0 Å². The molecule has 21 heavy (non-hydrogen) atoms. The first-order chi connectivity index (χ1) is 10.2. The molecular formula is C17H24N4. The summed E-state index contributed by atoms with van der Waals surface area (Å²) >= 11 is 0. The van der Waals surface area contributed by atoms with E-state index in [1.807, 2.05) is 18.6 Å². The van der Waals surface area contributed by atoms with E-state index in [0.717, 1.165) is 25.3 Å². The third-order valence-electron chi connectivity index (χ3n) is 3.36. The van der Waals surface area contributed by atoms with Gasteiger partial charge in [-0.1, -0.05) is 13.8 Å². The Morgan fingerprint density at radius 2 is 1.90 bits per heavy atom. The quantitative estimate of drug-likeness (QED) is 0.848. The highest BCUT2D eigenvalue weighted by Gasteiger charge is 2.07. The number of pyridine rings is 2. The van der Waals surface area contributed by atoms with Gasteiger partial charge in [-0.25, -0.2) is 0 Å². The van der Waals surface area contributed by atoms with Gasteiger partial charge in [0, 0.05) is 50.0 Å². The van der Waals surface area contributed by atoms with Gasteiger partial charge in [-0.05, 0) is 36.8 Å². The Morgan fingerprint density at radius 1 is 1.14 bits per heavy atom. The molecule has 0 aliphatic rings. The molecule has 2 aromatic heterocycles. The van der Waals surface area contributed by atoms with E-state index in [9.17, 15) is 0 Å². The molecule has 0 saturated heterocycles. The summed E-state index contributed by atoms with van der Waals surface area (Å²) in [5, 5.41) is 3.41. The molecule has 0 radical (unpaired) electrons. The average Bonchev–Trinajstić information content (AvgIpc) is 2.52. The van der Waals surface area contributed by atoms with Crippen LogP contribution in [0.15, 0.2) is 42.9 Å². The van der Waals surface area contributed by atoms with Crippen molar-refractivity contribution >= 4 is 5.69 Å². The van der Waals surface area contributed by atoms with Gasteiger partial charge in [0.25, 0.3) is 0 Å². The lowest BCUT2D eigenvalue weighted by Gasteiger charge is -2.23. The largest absolute Gasteiger partial charge is 0.367 e. The van der Waals surface area contributed by atoms with Crippen LogP contribution in [0.1, 0.15) is 32.0 Å². The smallest absolute Gasteiger partial charge is 0.0562 e. The summed E-state index contributed by atoms with van der Waals surface area (Å²) in [6, 6.07) is 8.83. The minimum absolute atomic E-state index is 0.467. The molecule has 2 aromatic rings. The lowest BCUT2D eigenvalue weighted by atomic mass is 10.2. The first-order valence-corrected chi connectivity index (χ1v) is 7.51. The van der Waals surface area contributed by atoms with Crippen LogP contribution in [0.3, 0.4) is 0 Å². The van der Waals surface area contributed by atoms with Crippen molar-refractivity contribution in [3.63, 3.8) is 0 Å². The molecule has 112 valence electrons. The van der Waals surface area contributed by atoms with Gasteiger partial charge in [0.15, 0.2) is 0 Å². The van der Waals surface area contributed by atoms with Crippen molar-refractivity contribution in [1.29, 1.82) is 0 Å². The summed E-state index contributed by atoms with van der Waals surface area (Å²) < 4.78 is 0. The Kier molecular flexibility index (Phi) is 5.69. The number of nitrogens with one attached hydrogen (secondary N) is 1. The number of hydrogen-bond acceptors (Lipinski definition) is 4. The van der Waals surface area contributed by atoms with E-state index >= 15 is 0 Å². The zero-order valence-electron chi connectivity index (χ0n) is 13.1. The molecule has 0 saturated carbocycles. The average molecular weight is 284 g/mol. The molecule has 0 bridgehead atoms. The maximum absolute atomic E-state index is 4.44. The molecule has 4 nitrogen and oxygen atoms in total. The summed E-state index contributed by atoms with van der Waals surface area (Å²) in [5.41, 5.74) is 3.56. The van der Waals surface area contributed by atoms with Crippen LogP contribution < -0.4 is 10.2 Å². The van der Waals surface area contributed by atoms with E-state index < -0.39 is 0 Å². The van der Waals surface area contributed by atoms with Gasteiger partial charge >= 0.3 is 0 Å². The Labute approximate surface area is 127 Å². The fourth-order valence-electron chi connectivity index (χ4n) is 2.16. The zero-order valence-corrected chi connectivity index (χ0v) is 13.1. The molecule has 0 fully saturated rings. The van der Waals surface area contributed by atoms with Gasteiger partial charge in [-0.3, -0.25) is 9.97 Å². The molecule has 0 amide bonds. The molecular weight excluding hydrogens is 260 g/mol. The Bertz CT molecular complexity index is 539. The van der Waals surface area contributed by atoms with Crippen LogP contribution in [0, 0.1) is 0 Å². The van der Waals surface area contributed by atoms with Gasteiger partial charge in [0.1, 0.15) is 0 Å². The fraction of sp³-hybridized carbons (Fsp3) is 0.412. The highest BCUT2D eigenvalue weighted by atomic mass is 15.1. The summed E-state index contributed by atoms with van der Waals surface area (Å²) in [4.78, 5) is 10.8. The summed E-state index contributed by atoms with van der Waals surface area (Å²) in [6.45, 7) is 9.12. The standard InChI is InChI=1S/C17H24N4/c1-4-21(13-15-5-8-18-9-6-15)17-7-10-19-16(11-17)12-20-14(2)3/h5-11,14,20H,4,12-13H2,1-3H3. The molecule has 0 atom stereocenters. The second-order valence-electron chi connectivity index (χ2n) is 5.41. The maximum Gasteiger partial charge on any atom is 0.0562 e. The summed E-state index contributed by atoms with van der Waals surface area (Å²) in [7, 11) is 0. The molecule has 0 aromatic carbocycles. The van der Waals surface area contributed by atoms with Crippen LogP contribution in [0.5, 0.6) is 0 Å². The lowest BCUT2D eigenvalue weighted by Crippen LogP contribution is -2.24. The van der Waals surface area contributed by atoms with Crippen LogP contribution in [0.2, 0.25) is 0 Å². The number of nitrogens with zero attached hydrogens (tertiary/aromatic N) is 3. The molecule has 0 aliphatic heterocycles. The van der Waals surface area contributed by atoms with E-state index in [4.69, 9.17) is 0 Å². The van der Waals surface area contributed by atoms with Gasteiger partial charge in [-0.2, -0.15) is 0 Å². The van der Waals surface area contributed by atoms with Crippen LogP contribution in [-0.2, 0) is 13.1 Å². The van der Waals surface area contributed by atoms with E-state index in [1.165, 1.54) is 11.3 Å². The number of rotatable bonds is 7. The zero-order chi connectivity index (χ0) is 15.1. The monoisotopic (exact) mass is 284 g/mol. The van der Waals surface area contributed by atoms with Gasteiger partial charge in [0.05, 0.1) is 5.69 Å². The van der Waals surface area contributed by atoms with Crippen molar-refractivity contribution in [3.05, 3.63) is 54.1 Å². The molecule has 0 aliphatic carbocycles. The van der Waals surface area contributed by atoms with Crippen molar-refractivity contribution in [2.75, 3.05) is 11.4 Å². The molecule has 2 rings (SSSR count). The van der Waals surface area contributed by atoms with E-state index in [-0.39, 0.29) is 0 Å². The Morgan fingerprint density at radius 3 is 2.57 bits per heavy atom. The molecule has 0 unspecified atom stereocenters. The minimum atomic E-state index is 0.467. The molecule has 1 N–H and O–H groups in total. The van der Waals surface area contributed by atoms with Crippen molar-refractivity contribution in [2.45, 2.75) is 39.9 Å². The third kappa shape index (κ3) is 4.83. The van der Waals surface area contributed by atoms with Crippen molar-refractivity contribution in [3.8, 4) is 0 Å². The first-order valence-electron chi connectivity index (χ1n) is 7.51. The fourth-order valence-corrected chi connectivity index (χ4v) is 2.16. The maximum atomic E-state index is 4.44. The van der Waals surface area contributed by atoms with Crippen molar-refractivity contribution in [1.82, 2.24) is 15.3 Å². The van der Waals surface area contributed by atoms with Crippen LogP contribution >= 0.6 is 0 Å². The Hall–Kier alpha value is -1.94. The van der Waals surface area contributed by atoms with Gasteiger partial charge in [0.2, 0.25) is 0 Å². The van der Waals surface area contributed by atoms with Crippen LogP contribution in [-0.4, -0.2) is 22.6 Å². The molecule has 4 heteroatoms. The predicted octanol–water partition coefficient (Wildman–Crippen LogP) is 3.00. The van der Waals surface area contributed by atoms with Gasteiger partial charge < -0.3 is 10.2 Å². The van der Waals surface area contributed by atoms with E-state index in [0.29, 0.717) is 6.04 Å². The summed E-state index contributed by atoms with van der Waals surface area (Å²) in [5.74, 6) is 0. The lowest BCUT2D eigenvalue weighted by molar-refractivity contribution is 0.581. The molecule has 2 heterocycles. The number of anilines is 1. The number of hydrogen-bond donors (Lipinski definition) is 1.